The summed E-state index contributed by atoms with van der Waals surface area (Å²) in [6, 6.07) is 4.15. The van der Waals surface area contributed by atoms with Crippen molar-refractivity contribution in [3.05, 3.63) is 29.6 Å². The monoisotopic (exact) mass is 283 g/mol. The van der Waals surface area contributed by atoms with E-state index in [-0.39, 0.29) is 23.8 Å². The van der Waals surface area contributed by atoms with Gasteiger partial charge in [0.15, 0.2) is 6.61 Å². The number of carbonyl (C=O) groups is 1. The molecule has 0 aliphatic heterocycles. The highest BCUT2D eigenvalue weighted by Crippen LogP contribution is 2.21. The van der Waals surface area contributed by atoms with Crippen LogP contribution >= 0.6 is 0 Å². The summed E-state index contributed by atoms with van der Waals surface area (Å²) in [5, 5.41) is 12.0. The standard InChI is InChI=1S/C15H22FNO3/c1-10(2)6-7-17-15(19)9-20-12-4-5-13(11(3)18)14(16)8-12/h4-5,8,10-11,18H,6-7,9H2,1-3H3,(H,17,19)/t11-/m1/s1. The molecular weight excluding hydrogens is 261 g/mol. The number of amides is 1. The molecule has 0 saturated heterocycles. The number of hydrogen-bond donors (Lipinski definition) is 2. The minimum Gasteiger partial charge on any atom is -0.484 e. The average molecular weight is 283 g/mol. The first-order valence-corrected chi connectivity index (χ1v) is 6.77. The fraction of sp³-hybridized carbons (Fsp3) is 0.533. The lowest BCUT2D eigenvalue weighted by Gasteiger charge is -2.10. The van der Waals surface area contributed by atoms with Crippen LogP contribution in [0.1, 0.15) is 38.9 Å². The highest BCUT2D eigenvalue weighted by Gasteiger charge is 2.10. The molecule has 0 unspecified atom stereocenters. The molecule has 1 atom stereocenters. The smallest absolute Gasteiger partial charge is 0.257 e. The summed E-state index contributed by atoms with van der Waals surface area (Å²) in [5.74, 6) is 0.0209. The molecule has 5 heteroatoms. The second kappa shape index (κ2) is 7.85. The van der Waals surface area contributed by atoms with Crippen molar-refractivity contribution >= 4 is 5.91 Å². The molecule has 0 heterocycles. The molecule has 0 spiro atoms. The third kappa shape index (κ3) is 5.57. The lowest BCUT2D eigenvalue weighted by molar-refractivity contribution is -0.123. The molecule has 0 radical (unpaired) electrons. The van der Waals surface area contributed by atoms with Crippen LogP contribution in [-0.4, -0.2) is 24.2 Å². The van der Waals surface area contributed by atoms with E-state index in [1.807, 2.05) is 0 Å². The van der Waals surface area contributed by atoms with E-state index in [4.69, 9.17) is 4.74 Å². The summed E-state index contributed by atoms with van der Waals surface area (Å²) in [5.41, 5.74) is 0.207. The summed E-state index contributed by atoms with van der Waals surface area (Å²) < 4.78 is 18.8. The van der Waals surface area contributed by atoms with E-state index in [1.165, 1.54) is 25.1 Å². The molecule has 4 nitrogen and oxygen atoms in total. The van der Waals surface area contributed by atoms with Crippen LogP contribution < -0.4 is 10.1 Å². The molecule has 0 aromatic heterocycles. The van der Waals surface area contributed by atoms with Crippen LogP contribution in [0.5, 0.6) is 5.75 Å². The Hall–Kier alpha value is -1.62. The van der Waals surface area contributed by atoms with Crippen LogP contribution in [0.3, 0.4) is 0 Å². The molecule has 0 aliphatic rings. The molecule has 20 heavy (non-hydrogen) atoms. The zero-order chi connectivity index (χ0) is 15.1. The van der Waals surface area contributed by atoms with Gasteiger partial charge in [-0.3, -0.25) is 4.79 Å². The summed E-state index contributed by atoms with van der Waals surface area (Å²) in [7, 11) is 0. The van der Waals surface area contributed by atoms with Gasteiger partial charge < -0.3 is 15.2 Å². The number of benzene rings is 1. The summed E-state index contributed by atoms with van der Waals surface area (Å²) in [6.45, 7) is 6.10. The van der Waals surface area contributed by atoms with Gasteiger partial charge in [0.2, 0.25) is 0 Å². The van der Waals surface area contributed by atoms with Crippen LogP contribution in [0.25, 0.3) is 0 Å². The SMILES string of the molecule is CC(C)CCNC(=O)COc1ccc([C@@H](C)O)c(F)c1. The van der Waals surface area contributed by atoms with Crippen LogP contribution in [-0.2, 0) is 4.79 Å². The molecule has 112 valence electrons. The Balaban J connectivity index is 2.42. The quantitative estimate of drug-likeness (QED) is 0.808. The van der Waals surface area contributed by atoms with Gasteiger partial charge in [-0.1, -0.05) is 13.8 Å². The van der Waals surface area contributed by atoms with Crippen molar-refractivity contribution in [1.82, 2.24) is 5.32 Å². The minimum absolute atomic E-state index is 0.147. The third-order valence-electron chi connectivity index (χ3n) is 2.84. The predicted octanol–water partition coefficient (Wildman–Crippen LogP) is 2.42. The van der Waals surface area contributed by atoms with Gasteiger partial charge in [0.25, 0.3) is 5.91 Å². The van der Waals surface area contributed by atoms with Crippen molar-refractivity contribution in [2.45, 2.75) is 33.3 Å². The maximum Gasteiger partial charge on any atom is 0.257 e. The molecule has 0 aliphatic carbocycles. The molecule has 0 saturated carbocycles. The van der Waals surface area contributed by atoms with Crippen molar-refractivity contribution < 1.29 is 19.0 Å². The number of rotatable bonds is 7. The van der Waals surface area contributed by atoms with Gasteiger partial charge in [-0.15, -0.1) is 0 Å². The van der Waals surface area contributed by atoms with Gasteiger partial charge in [-0.25, -0.2) is 4.39 Å². The van der Waals surface area contributed by atoms with Gasteiger partial charge in [0, 0.05) is 18.2 Å². The molecule has 1 amide bonds. The normalized spacial score (nSPS) is 12.3. The first kappa shape index (κ1) is 16.4. The third-order valence-corrected chi connectivity index (χ3v) is 2.84. The first-order chi connectivity index (χ1) is 9.40. The number of ether oxygens (including phenoxy) is 1. The predicted molar refractivity (Wildman–Crippen MR) is 75.0 cm³/mol. The van der Waals surface area contributed by atoms with E-state index in [9.17, 15) is 14.3 Å². The van der Waals surface area contributed by atoms with E-state index in [2.05, 4.69) is 19.2 Å². The topological polar surface area (TPSA) is 58.6 Å². The maximum atomic E-state index is 13.6. The Morgan fingerprint density at radius 1 is 1.40 bits per heavy atom. The van der Waals surface area contributed by atoms with E-state index in [0.717, 1.165) is 6.42 Å². The Kier molecular flexibility index (Phi) is 6.45. The Morgan fingerprint density at radius 3 is 2.65 bits per heavy atom. The lowest BCUT2D eigenvalue weighted by Crippen LogP contribution is -2.30. The number of carbonyl (C=O) groups excluding carboxylic acids is 1. The molecule has 1 aromatic carbocycles. The van der Waals surface area contributed by atoms with Gasteiger partial charge in [0.05, 0.1) is 6.10 Å². The van der Waals surface area contributed by atoms with Gasteiger partial charge in [-0.05, 0) is 31.4 Å². The number of hydrogen-bond acceptors (Lipinski definition) is 3. The van der Waals surface area contributed by atoms with Crippen molar-refractivity contribution in [2.75, 3.05) is 13.2 Å². The maximum absolute atomic E-state index is 13.6. The fourth-order valence-electron chi connectivity index (χ4n) is 1.64. The second-order valence-electron chi connectivity index (χ2n) is 5.18. The lowest BCUT2D eigenvalue weighted by atomic mass is 10.1. The van der Waals surface area contributed by atoms with Crippen LogP contribution in [0.15, 0.2) is 18.2 Å². The van der Waals surface area contributed by atoms with Crippen molar-refractivity contribution in [3.63, 3.8) is 0 Å². The number of aliphatic hydroxyl groups is 1. The van der Waals surface area contributed by atoms with E-state index >= 15 is 0 Å². The van der Waals surface area contributed by atoms with Crippen molar-refractivity contribution in [2.24, 2.45) is 5.92 Å². The van der Waals surface area contributed by atoms with Gasteiger partial charge in [-0.2, -0.15) is 0 Å². The second-order valence-corrected chi connectivity index (χ2v) is 5.18. The van der Waals surface area contributed by atoms with Gasteiger partial charge >= 0.3 is 0 Å². The van der Waals surface area contributed by atoms with Crippen LogP contribution in [0.4, 0.5) is 4.39 Å². The van der Waals surface area contributed by atoms with E-state index in [1.54, 1.807) is 0 Å². The van der Waals surface area contributed by atoms with Crippen molar-refractivity contribution in [3.8, 4) is 5.75 Å². The van der Waals surface area contributed by atoms with Crippen molar-refractivity contribution in [1.29, 1.82) is 0 Å². The summed E-state index contributed by atoms with van der Waals surface area (Å²) in [6.07, 6.45) is 0.0343. The Morgan fingerprint density at radius 2 is 2.10 bits per heavy atom. The van der Waals surface area contributed by atoms with E-state index in [0.29, 0.717) is 12.5 Å². The molecule has 0 fully saturated rings. The largest absolute Gasteiger partial charge is 0.484 e. The molecular formula is C15H22FNO3. The van der Waals surface area contributed by atoms with Gasteiger partial charge in [0.1, 0.15) is 11.6 Å². The number of aliphatic hydroxyl groups excluding tert-OH is 1. The molecule has 2 N–H and O–H groups in total. The zero-order valence-electron chi connectivity index (χ0n) is 12.1. The number of halogens is 1. The highest BCUT2D eigenvalue weighted by molar-refractivity contribution is 5.77. The molecule has 1 aromatic rings. The average Bonchev–Trinajstić information content (AvgIpc) is 2.35. The summed E-state index contributed by atoms with van der Waals surface area (Å²) >= 11 is 0. The van der Waals surface area contributed by atoms with Crippen LogP contribution in [0.2, 0.25) is 0 Å². The fourth-order valence-corrected chi connectivity index (χ4v) is 1.64. The minimum atomic E-state index is -0.872. The zero-order valence-corrected chi connectivity index (χ0v) is 12.1. The molecule has 1 rings (SSSR count). The first-order valence-electron chi connectivity index (χ1n) is 6.77. The molecule has 0 bridgehead atoms. The van der Waals surface area contributed by atoms with Crippen LogP contribution in [0, 0.1) is 11.7 Å². The Bertz CT molecular complexity index is 447. The summed E-state index contributed by atoms with van der Waals surface area (Å²) in [4.78, 5) is 11.5. The number of nitrogens with one attached hydrogen (secondary N) is 1. The van der Waals surface area contributed by atoms with E-state index < -0.39 is 11.9 Å². The Labute approximate surface area is 119 Å². The highest BCUT2D eigenvalue weighted by atomic mass is 19.1.